The molecule has 3 rings (SSSR count). The lowest BCUT2D eigenvalue weighted by Gasteiger charge is -2.03. The largest absolute Gasteiger partial charge is 0.456 e. The average Bonchev–Trinajstić information content (AvgIpc) is 3.11. The van der Waals surface area contributed by atoms with Crippen molar-refractivity contribution >= 4 is 17.3 Å². The van der Waals surface area contributed by atoms with Gasteiger partial charge < -0.3 is 9.15 Å². The number of aromatic nitrogens is 2. The van der Waals surface area contributed by atoms with E-state index in [2.05, 4.69) is 9.97 Å². The molecule has 0 unspecified atom stereocenters. The molecule has 0 amide bonds. The third-order valence-electron chi connectivity index (χ3n) is 2.96. The Bertz CT molecular complexity index is 793. The van der Waals surface area contributed by atoms with Crippen LogP contribution in [0.15, 0.2) is 40.9 Å². The average molecular weight is 314 g/mol. The Morgan fingerprint density at radius 1 is 1.27 bits per heavy atom. The van der Waals surface area contributed by atoms with E-state index in [4.69, 9.17) is 9.15 Å². The molecule has 5 nitrogen and oxygen atoms in total. The molecule has 0 bridgehead atoms. The fourth-order valence-corrected chi connectivity index (χ4v) is 2.71. The first-order chi connectivity index (χ1) is 10.6. The second kappa shape index (κ2) is 6.11. The molecule has 0 radical (unpaired) electrons. The molecular weight excluding hydrogens is 300 g/mol. The molecule has 0 fully saturated rings. The monoisotopic (exact) mass is 314 g/mol. The van der Waals surface area contributed by atoms with E-state index in [9.17, 15) is 4.79 Å². The number of ether oxygens (including phenoxy) is 1. The first-order valence-corrected chi connectivity index (χ1v) is 7.56. The van der Waals surface area contributed by atoms with Crippen molar-refractivity contribution in [1.29, 1.82) is 0 Å². The molecule has 1 aromatic carbocycles. The molecule has 0 atom stereocenters. The van der Waals surface area contributed by atoms with Crippen LogP contribution in [0.25, 0.3) is 10.8 Å². The third kappa shape index (κ3) is 3.07. The first kappa shape index (κ1) is 14.5. The number of hydrogen-bond acceptors (Lipinski definition) is 6. The summed E-state index contributed by atoms with van der Waals surface area (Å²) < 4.78 is 10.8. The van der Waals surface area contributed by atoms with Gasteiger partial charge in [-0.3, -0.25) is 0 Å². The van der Waals surface area contributed by atoms with E-state index in [1.165, 1.54) is 11.3 Å². The van der Waals surface area contributed by atoms with Gasteiger partial charge >= 0.3 is 5.97 Å². The van der Waals surface area contributed by atoms with Gasteiger partial charge in [-0.15, -0.1) is 11.3 Å². The summed E-state index contributed by atoms with van der Waals surface area (Å²) in [7, 11) is 0. The van der Waals surface area contributed by atoms with Crippen molar-refractivity contribution in [2.75, 3.05) is 0 Å². The summed E-state index contributed by atoms with van der Waals surface area (Å²) in [6.07, 6.45) is 1.73. The van der Waals surface area contributed by atoms with Gasteiger partial charge in [-0.25, -0.2) is 14.8 Å². The molecule has 2 heterocycles. The van der Waals surface area contributed by atoms with Crippen LogP contribution in [0.5, 0.6) is 0 Å². The number of benzene rings is 1. The van der Waals surface area contributed by atoms with E-state index in [1.54, 1.807) is 13.1 Å². The molecule has 2 aromatic heterocycles. The number of esters is 1. The lowest BCUT2D eigenvalue weighted by atomic mass is 10.2. The molecule has 0 aliphatic heterocycles. The fourth-order valence-electron chi connectivity index (χ4n) is 1.96. The molecule has 3 aromatic rings. The highest BCUT2D eigenvalue weighted by atomic mass is 32.1. The summed E-state index contributed by atoms with van der Waals surface area (Å²) in [4.78, 5) is 21.7. The zero-order valence-corrected chi connectivity index (χ0v) is 13.0. The van der Waals surface area contributed by atoms with E-state index >= 15 is 0 Å². The number of carbonyl (C=O) groups excluding carboxylic acids is 1. The van der Waals surface area contributed by atoms with Crippen molar-refractivity contribution in [3.05, 3.63) is 58.6 Å². The molecule has 112 valence electrons. The molecule has 22 heavy (non-hydrogen) atoms. The van der Waals surface area contributed by atoms with Gasteiger partial charge in [-0.1, -0.05) is 30.3 Å². The SMILES string of the molecule is Cc1nc(C(=O)OCc2ccccc2)c(-c2ncc(C)s2)o1. The summed E-state index contributed by atoms with van der Waals surface area (Å²) in [5.41, 5.74) is 1.09. The maximum Gasteiger partial charge on any atom is 0.361 e. The highest BCUT2D eigenvalue weighted by molar-refractivity contribution is 7.14. The number of oxazole rings is 1. The zero-order valence-electron chi connectivity index (χ0n) is 12.2. The Hall–Kier alpha value is -2.47. The van der Waals surface area contributed by atoms with Crippen LogP contribution < -0.4 is 0 Å². The minimum absolute atomic E-state index is 0.169. The number of rotatable bonds is 4. The Morgan fingerprint density at radius 2 is 2.05 bits per heavy atom. The second-order valence-corrected chi connectivity index (χ2v) is 5.98. The molecule has 0 aliphatic carbocycles. The van der Waals surface area contributed by atoms with Crippen molar-refractivity contribution in [3.63, 3.8) is 0 Å². The van der Waals surface area contributed by atoms with Crippen LogP contribution in [0.3, 0.4) is 0 Å². The summed E-state index contributed by atoms with van der Waals surface area (Å²) in [5.74, 6) is 0.270. The molecular formula is C16H14N2O3S. The zero-order chi connectivity index (χ0) is 15.5. The molecule has 0 N–H and O–H groups in total. The number of carbonyl (C=O) groups is 1. The van der Waals surface area contributed by atoms with Gasteiger partial charge in [0, 0.05) is 18.0 Å². The number of thiazole rings is 1. The minimum Gasteiger partial charge on any atom is -0.456 e. The van der Waals surface area contributed by atoms with E-state index in [0.29, 0.717) is 16.7 Å². The van der Waals surface area contributed by atoms with Gasteiger partial charge in [0.2, 0.25) is 0 Å². The standard InChI is InChI=1S/C16H14N2O3S/c1-10-8-17-15(22-10)14-13(18-11(2)21-14)16(19)20-9-12-6-4-3-5-7-12/h3-8H,9H2,1-2H3. The quantitative estimate of drug-likeness (QED) is 0.686. The van der Waals surface area contributed by atoms with Crippen LogP contribution in [0.1, 0.15) is 26.8 Å². The van der Waals surface area contributed by atoms with Gasteiger partial charge in [0.15, 0.2) is 22.4 Å². The lowest BCUT2D eigenvalue weighted by molar-refractivity contribution is 0.0467. The summed E-state index contributed by atoms with van der Waals surface area (Å²) in [6.45, 7) is 3.83. The maximum atomic E-state index is 12.3. The normalized spacial score (nSPS) is 10.6. The van der Waals surface area contributed by atoms with Crippen LogP contribution in [0, 0.1) is 13.8 Å². The topological polar surface area (TPSA) is 65.2 Å². The number of aryl methyl sites for hydroxylation is 2. The third-order valence-corrected chi connectivity index (χ3v) is 3.87. The fraction of sp³-hybridized carbons (Fsp3) is 0.188. The van der Waals surface area contributed by atoms with Crippen LogP contribution >= 0.6 is 11.3 Å². The molecule has 0 saturated heterocycles. The number of hydrogen-bond donors (Lipinski definition) is 0. The predicted octanol–water partition coefficient (Wildman–Crippen LogP) is 3.77. The molecule has 0 saturated carbocycles. The van der Waals surface area contributed by atoms with Crippen LogP contribution in [0.2, 0.25) is 0 Å². The Morgan fingerprint density at radius 3 is 2.73 bits per heavy atom. The van der Waals surface area contributed by atoms with Gasteiger partial charge in [0.1, 0.15) is 6.61 Å². The maximum absolute atomic E-state index is 12.3. The molecule has 0 spiro atoms. The van der Waals surface area contributed by atoms with E-state index in [0.717, 1.165) is 10.4 Å². The second-order valence-electron chi connectivity index (χ2n) is 4.75. The van der Waals surface area contributed by atoms with Gasteiger partial charge in [0.05, 0.1) is 0 Å². The van der Waals surface area contributed by atoms with Gasteiger partial charge in [-0.2, -0.15) is 0 Å². The van der Waals surface area contributed by atoms with E-state index < -0.39 is 5.97 Å². The summed E-state index contributed by atoms with van der Waals surface area (Å²) >= 11 is 1.45. The van der Waals surface area contributed by atoms with E-state index in [-0.39, 0.29) is 12.3 Å². The van der Waals surface area contributed by atoms with Gasteiger partial charge in [0.25, 0.3) is 0 Å². The predicted molar refractivity (Wildman–Crippen MR) is 82.6 cm³/mol. The van der Waals surface area contributed by atoms with Crippen molar-refractivity contribution in [2.24, 2.45) is 0 Å². The minimum atomic E-state index is -0.511. The van der Waals surface area contributed by atoms with Gasteiger partial charge in [-0.05, 0) is 12.5 Å². The lowest BCUT2D eigenvalue weighted by Crippen LogP contribution is -2.07. The van der Waals surface area contributed by atoms with Crippen molar-refractivity contribution in [3.8, 4) is 10.8 Å². The van der Waals surface area contributed by atoms with Crippen molar-refractivity contribution < 1.29 is 13.9 Å². The Labute approximate surface area is 131 Å². The Balaban J connectivity index is 1.81. The summed E-state index contributed by atoms with van der Waals surface area (Å²) in [5, 5.41) is 0.629. The van der Waals surface area contributed by atoms with Crippen LogP contribution in [0.4, 0.5) is 0 Å². The molecule has 0 aliphatic rings. The van der Waals surface area contributed by atoms with Crippen LogP contribution in [-0.2, 0) is 11.3 Å². The number of nitrogens with zero attached hydrogens (tertiary/aromatic N) is 2. The Kier molecular flexibility index (Phi) is 4.02. The highest BCUT2D eigenvalue weighted by Gasteiger charge is 2.23. The summed E-state index contributed by atoms with van der Waals surface area (Å²) in [6, 6.07) is 9.49. The van der Waals surface area contributed by atoms with Crippen molar-refractivity contribution in [2.45, 2.75) is 20.5 Å². The van der Waals surface area contributed by atoms with Crippen LogP contribution in [-0.4, -0.2) is 15.9 Å². The smallest absolute Gasteiger partial charge is 0.361 e. The van der Waals surface area contributed by atoms with E-state index in [1.807, 2.05) is 37.3 Å². The highest BCUT2D eigenvalue weighted by Crippen LogP contribution is 2.29. The molecule has 6 heteroatoms. The first-order valence-electron chi connectivity index (χ1n) is 6.75. The van der Waals surface area contributed by atoms with Crippen molar-refractivity contribution in [1.82, 2.24) is 9.97 Å².